The van der Waals surface area contributed by atoms with Crippen LogP contribution in [0.1, 0.15) is 88.5 Å². The van der Waals surface area contributed by atoms with E-state index in [1.54, 1.807) is 60.2 Å². The van der Waals surface area contributed by atoms with E-state index in [0.717, 1.165) is 32.6 Å². The Bertz CT molecular complexity index is 3370. The molecular formula is C56H66Br2N14O7. The molecule has 0 bridgehead atoms. The fourth-order valence-corrected chi connectivity index (χ4v) is 8.64. The molecule has 21 nitrogen and oxygen atoms in total. The standard InChI is InChI=1S/C27H28BrN7O3.C21H23N5O4.C6H7BrN2.2CH4/c1-17(2)35(14-26(37)31-12-20-5-4-6-25(28)33-20)27(38)15-34-13-23(18(3)36)22-9-19(7-8-24(22)34)32-21-10-29-16-30-11-21;1-13(2)26(11-21(29)30)20(28)10-25-9-18(14(3)27)17-6-15(4-5-19(17)25)24-16-7-22-12-23-8-16;7-6-3-1-2-5(4-8)9-6;;/h4-11,13,16-17,32H,12,14-15H2,1-3H3,(H,31,37);4-9,12-13,24H,10-11H2,1-3H3,(H,29,30);1-3H,4,8H2;2*1H4. The summed E-state index contributed by atoms with van der Waals surface area (Å²) in [7, 11) is 0. The molecule has 8 rings (SSSR count). The maximum atomic E-state index is 13.3. The molecule has 0 radical (unpaired) electrons. The molecule has 2 aromatic carbocycles. The lowest BCUT2D eigenvalue weighted by Crippen LogP contribution is -2.45. The number of carboxylic acids is 1. The van der Waals surface area contributed by atoms with Crippen LogP contribution in [0.4, 0.5) is 22.7 Å². The van der Waals surface area contributed by atoms with Gasteiger partial charge < -0.3 is 45.7 Å². The van der Waals surface area contributed by atoms with Crippen LogP contribution in [0.15, 0.2) is 132 Å². The number of nitrogens with one attached hydrogen (secondary N) is 3. The first kappa shape index (κ1) is 63.3. The van der Waals surface area contributed by atoms with E-state index in [1.165, 1.54) is 36.3 Å². The maximum absolute atomic E-state index is 13.3. The number of hydrogen-bond donors (Lipinski definition) is 5. The third kappa shape index (κ3) is 18.2. The monoisotopic (exact) mass is 1200 g/mol. The van der Waals surface area contributed by atoms with Crippen LogP contribution in [0, 0.1) is 0 Å². The fourth-order valence-electron chi connectivity index (χ4n) is 7.88. The number of carbonyl (C=O) groups is 6. The number of anilines is 4. The zero-order valence-corrected chi connectivity index (χ0v) is 46.3. The maximum Gasteiger partial charge on any atom is 0.323 e. The number of carbonyl (C=O) groups excluding carboxylic acids is 5. The Morgan fingerprint density at radius 1 is 0.608 bits per heavy atom. The smallest absolute Gasteiger partial charge is 0.323 e. The van der Waals surface area contributed by atoms with E-state index >= 15 is 0 Å². The molecule has 0 atom stereocenters. The molecule has 3 amide bonds. The quantitative estimate of drug-likeness (QED) is 0.0372. The predicted molar refractivity (Wildman–Crippen MR) is 313 cm³/mol. The minimum Gasteiger partial charge on any atom is -0.480 e. The van der Waals surface area contributed by atoms with E-state index in [-0.39, 0.29) is 88.9 Å². The van der Waals surface area contributed by atoms with Crippen LogP contribution in [0.2, 0.25) is 0 Å². The van der Waals surface area contributed by atoms with Crippen molar-refractivity contribution in [3.8, 4) is 0 Å². The number of halogens is 2. The van der Waals surface area contributed by atoms with Gasteiger partial charge in [-0.2, -0.15) is 0 Å². The largest absolute Gasteiger partial charge is 0.480 e. The first-order chi connectivity index (χ1) is 36.8. The third-order valence-corrected chi connectivity index (χ3v) is 12.4. The second-order valence-corrected chi connectivity index (χ2v) is 19.6. The molecule has 0 fully saturated rings. The number of pyridine rings is 2. The van der Waals surface area contributed by atoms with E-state index in [0.29, 0.717) is 50.2 Å². The highest BCUT2D eigenvalue weighted by Crippen LogP contribution is 2.29. The molecule has 79 heavy (non-hydrogen) atoms. The second-order valence-electron chi connectivity index (χ2n) is 17.9. The first-order valence-electron chi connectivity index (χ1n) is 24.1. The third-order valence-electron chi connectivity index (χ3n) is 11.6. The molecule has 6 aromatic heterocycles. The summed E-state index contributed by atoms with van der Waals surface area (Å²) in [5, 5.41) is 19.7. The van der Waals surface area contributed by atoms with Crippen molar-refractivity contribution in [1.82, 2.24) is 54.2 Å². The first-order valence-corrected chi connectivity index (χ1v) is 25.7. The zero-order valence-electron chi connectivity index (χ0n) is 43.1. The number of benzene rings is 2. The van der Waals surface area contributed by atoms with Gasteiger partial charge in [-0.25, -0.2) is 29.9 Å². The number of carboxylic acid groups (broad SMARTS) is 1. The Labute approximate surface area is 475 Å². The lowest BCUT2D eigenvalue weighted by atomic mass is 10.1. The molecule has 416 valence electrons. The van der Waals surface area contributed by atoms with E-state index < -0.39 is 5.97 Å². The lowest BCUT2D eigenvalue weighted by Gasteiger charge is -2.26. The summed E-state index contributed by atoms with van der Waals surface area (Å²) in [4.78, 5) is 102. The van der Waals surface area contributed by atoms with Crippen molar-refractivity contribution in [2.75, 3.05) is 23.7 Å². The number of fused-ring (bicyclic) bond motifs is 2. The normalized spacial score (nSPS) is 10.5. The fraction of sp³-hybridized carbons (Fsp3) is 0.286. The van der Waals surface area contributed by atoms with Gasteiger partial charge in [0.25, 0.3) is 0 Å². The van der Waals surface area contributed by atoms with Crippen LogP contribution < -0.4 is 21.7 Å². The number of Topliss-reactive ketones (excluding diaryl/α,β-unsaturated/α-hetero) is 2. The lowest BCUT2D eigenvalue weighted by molar-refractivity contribution is -0.146. The molecule has 0 aliphatic heterocycles. The highest BCUT2D eigenvalue weighted by Gasteiger charge is 2.24. The van der Waals surface area contributed by atoms with Crippen molar-refractivity contribution in [3.05, 3.63) is 154 Å². The van der Waals surface area contributed by atoms with Crippen LogP contribution >= 0.6 is 31.9 Å². The molecule has 8 aromatic rings. The topological polar surface area (TPSA) is 278 Å². The van der Waals surface area contributed by atoms with Crippen molar-refractivity contribution < 1.29 is 33.9 Å². The molecule has 0 spiro atoms. The van der Waals surface area contributed by atoms with Crippen molar-refractivity contribution >= 4 is 112 Å². The van der Waals surface area contributed by atoms with Gasteiger partial charge in [0.2, 0.25) is 17.7 Å². The van der Waals surface area contributed by atoms with Gasteiger partial charge in [0.1, 0.15) is 41.5 Å². The summed E-state index contributed by atoms with van der Waals surface area (Å²) in [6.07, 6.45) is 12.8. The molecule has 0 saturated heterocycles. The van der Waals surface area contributed by atoms with Crippen molar-refractivity contribution in [1.29, 1.82) is 0 Å². The van der Waals surface area contributed by atoms with Gasteiger partial charge in [-0.3, -0.25) is 28.8 Å². The van der Waals surface area contributed by atoms with Crippen LogP contribution in [0.3, 0.4) is 0 Å². The molecule has 0 unspecified atom stereocenters. The molecule has 0 aliphatic rings. The van der Waals surface area contributed by atoms with Gasteiger partial charge in [-0.15, -0.1) is 0 Å². The molecular weight excluding hydrogens is 1140 g/mol. The molecule has 6 N–H and O–H groups in total. The highest BCUT2D eigenvalue weighted by atomic mass is 79.9. The molecule has 0 saturated carbocycles. The average Bonchev–Trinajstić information content (AvgIpc) is 3.97. The Morgan fingerprint density at radius 3 is 1.41 bits per heavy atom. The summed E-state index contributed by atoms with van der Waals surface area (Å²) in [6.45, 7) is 10.4. The molecule has 0 aliphatic carbocycles. The van der Waals surface area contributed by atoms with Crippen molar-refractivity contribution in [2.24, 2.45) is 5.73 Å². The van der Waals surface area contributed by atoms with Gasteiger partial charge in [-0.05, 0) is 134 Å². The van der Waals surface area contributed by atoms with Crippen LogP contribution in [0.5, 0.6) is 0 Å². The Morgan fingerprint density at radius 2 is 1.03 bits per heavy atom. The molecule has 23 heteroatoms. The van der Waals surface area contributed by atoms with Crippen LogP contribution in [-0.2, 0) is 45.4 Å². The van der Waals surface area contributed by atoms with Gasteiger partial charge >= 0.3 is 5.97 Å². The van der Waals surface area contributed by atoms with Gasteiger partial charge in [0.15, 0.2) is 11.6 Å². The minimum atomic E-state index is -1.07. The Hall–Kier alpha value is -8.28. The number of amides is 3. The van der Waals surface area contributed by atoms with Gasteiger partial charge in [0, 0.05) is 75.3 Å². The van der Waals surface area contributed by atoms with Crippen LogP contribution in [0.25, 0.3) is 21.8 Å². The number of nitrogens with two attached hydrogens (primary N) is 1. The Kier molecular flexibility index (Phi) is 24.0. The van der Waals surface area contributed by atoms with E-state index in [4.69, 9.17) is 10.8 Å². The summed E-state index contributed by atoms with van der Waals surface area (Å²) < 4.78 is 4.96. The number of rotatable bonds is 19. The zero-order chi connectivity index (χ0) is 55.8. The van der Waals surface area contributed by atoms with Crippen molar-refractivity contribution in [3.63, 3.8) is 0 Å². The number of hydrogen-bond acceptors (Lipinski definition) is 15. The van der Waals surface area contributed by atoms with Gasteiger partial charge in [-0.1, -0.05) is 27.0 Å². The predicted octanol–water partition coefficient (Wildman–Crippen LogP) is 9.36. The van der Waals surface area contributed by atoms with Crippen molar-refractivity contribution in [2.45, 2.75) is 94.7 Å². The molecule has 6 heterocycles. The van der Waals surface area contributed by atoms with E-state index in [2.05, 4.69) is 77.7 Å². The summed E-state index contributed by atoms with van der Waals surface area (Å²) >= 11 is 6.55. The van der Waals surface area contributed by atoms with E-state index in [9.17, 15) is 28.8 Å². The number of ketones is 2. The SMILES string of the molecule is C.C.CC(=O)c1cn(CC(=O)N(CC(=O)NCc2cccc(Br)n2)C(C)C)c2ccc(Nc3cncnc3)cc12.CC(=O)c1cn(CC(=O)N(CC(=O)O)C(C)C)c2ccc(Nc3cncnc3)cc12.NCc1cccc(Br)n1. The van der Waals surface area contributed by atoms with Gasteiger partial charge in [0.05, 0.1) is 60.6 Å². The summed E-state index contributed by atoms with van der Waals surface area (Å²) in [5.74, 6) is -2.15. The number of aromatic nitrogens is 8. The average molecular weight is 1210 g/mol. The van der Waals surface area contributed by atoms with Crippen LogP contribution in [-0.4, -0.2) is 114 Å². The number of nitrogens with zero attached hydrogens (tertiary/aromatic N) is 10. The minimum absolute atomic E-state index is 0. The highest BCUT2D eigenvalue weighted by molar-refractivity contribution is 9.10. The summed E-state index contributed by atoms with van der Waals surface area (Å²) in [6, 6.07) is 21.8. The Balaban J connectivity index is 0.000000292. The number of aliphatic carboxylic acids is 1. The van der Waals surface area contributed by atoms with E-state index in [1.807, 2.05) is 86.6 Å². The summed E-state index contributed by atoms with van der Waals surface area (Å²) in [5.41, 5.74) is 12.3. The second kappa shape index (κ2) is 30.0.